The van der Waals surface area contributed by atoms with E-state index in [0.29, 0.717) is 17.5 Å². The van der Waals surface area contributed by atoms with Crippen molar-refractivity contribution in [2.75, 3.05) is 13.7 Å². The van der Waals surface area contributed by atoms with E-state index in [-0.39, 0.29) is 24.8 Å². The second-order valence-corrected chi connectivity index (χ2v) is 5.47. The van der Waals surface area contributed by atoms with Crippen LogP contribution in [0.5, 0.6) is 0 Å². The molecule has 2 rings (SSSR count). The molecule has 0 aliphatic carbocycles. The van der Waals surface area contributed by atoms with Gasteiger partial charge in [0.25, 0.3) is 0 Å². The highest BCUT2D eigenvalue weighted by atomic mass is 16.5. The molecule has 0 amide bonds. The van der Waals surface area contributed by atoms with Gasteiger partial charge in [-0.3, -0.25) is 9.59 Å². The zero-order valence-electron chi connectivity index (χ0n) is 14.3. The van der Waals surface area contributed by atoms with Gasteiger partial charge in [0.15, 0.2) is 5.78 Å². The molecule has 5 nitrogen and oxygen atoms in total. The molecule has 2 aromatic rings. The van der Waals surface area contributed by atoms with Gasteiger partial charge in [0.05, 0.1) is 19.3 Å². The number of methoxy groups -OCH3 is 1. The Bertz CT molecular complexity index is 745. The SMILES string of the molecule is CCOC(=O)CC(=O)c1ccc(Cc2ccc(C(=O)OC)cc2)cc1. The zero-order chi connectivity index (χ0) is 18.2. The third-order valence-corrected chi connectivity index (χ3v) is 3.67. The Hall–Kier alpha value is -2.95. The number of ketones is 1. The Morgan fingerprint density at radius 3 is 1.84 bits per heavy atom. The molecular weight excluding hydrogens is 320 g/mol. The van der Waals surface area contributed by atoms with Crippen molar-refractivity contribution in [1.82, 2.24) is 0 Å². The molecule has 0 N–H and O–H groups in total. The Kier molecular flexibility index (Phi) is 6.46. The van der Waals surface area contributed by atoms with Crippen LogP contribution in [-0.2, 0) is 20.7 Å². The molecule has 0 spiro atoms. The van der Waals surface area contributed by atoms with Crippen molar-refractivity contribution in [2.45, 2.75) is 19.8 Å². The highest BCUT2D eigenvalue weighted by molar-refractivity contribution is 6.05. The van der Waals surface area contributed by atoms with E-state index in [4.69, 9.17) is 4.74 Å². The van der Waals surface area contributed by atoms with E-state index in [0.717, 1.165) is 11.1 Å². The maximum Gasteiger partial charge on any atom is 0.337 e. The van der Waals surface area contributed by atoms with Crippen molar-refractivity contribution in [3.63, 3.8) is 0 Å². The predicted molar refractivity (Wildman–Crippen MR) is 92.6 cm³/mol. The van der Waals surface area contributed by atoms with Gasteiger partial charge in [-0.15, -0.1) is 0 Å². The molecule has 0 heterocycles. The second-order valence-electron chi connectivity index (χ2n) is 5.47. The van der Waals surface area contributed by atoms with Crippen LogP contribution in [0, 0.1) is 0 Å². The fourth-order valence-corrected chi connectivity index (χ4v) is 2.37. The molecule has 0 aliphatic rings. The van der Waals surface area contributed by atoms with Crippen LogP contribution in [-0.4, -0.2) is 31.4 Å². The number of Topliss-reactive ketones (excluding diaryl/α,β-unsaturated/α-hetero) is 1. The molecule has 5 heteroatoms. The number of rotatable bonds is 7. The van der Waals surface area contributed by atoms with Gasteiger partial charge in [-0.05, 0) is 36.6 Å². The van der Waals surface area contributed by atoms with Crippen molar-refractivity contribution in [2.24, 2.45) is 0 Å². The topological polar surface area (TPSA) is 69.7 Å². The van der Waals surface area contributed by atoms with Crippen molar-refractivity contribution in [1.29, 1.82) is 0 Å². The summed E-state index contributed by atoms with van der Waals surface area (Å²) in [5.74, 6) is -1.13. The van der Waals surface area contributed by atoms with Crippen molar-refractivity contribution >= 4 is 17.7 Å². The summed E-state index contributed by atoms with van der Waals surface area (Å²) in [5.41, 5.74) is 3.06. The molecule has 0 bridgehead atoms. The standard InChI is InChI=1S/C20H20O5/c1-3-25-19(22)13-18(21)16-8-4-14(5-9-16)12-15-6-10-17(11-7-15)20(23)24-2/h4-11H,3,12-13H2,1-2H3. The van der Waals surface area contributed by atoms with Crippen LogP contribution in [0.15, 0.2) is 48.5 Å². The molecule has 0 aliphatic heterocycles. The summed E-state index contributed by atoms with van der Waals surface area (Å²) in [5, 5.41) is 0. The van der Waals surface area contributed by atoms with E-state index < -0.39 is 5.97 Å². The molecule has 2 aromatic carbocycles. The quantitative estimate of drug-likeness (QED) is 0.440. The minimum absolute atomic E-state index is 0.248. The first-order chi connectivity index (χ1) is 12.0. The highest BCUT2D eigenvalue weighted by Crippen LogP contribution is 2.14. The Balaban J connectivity index is 1.99. The molecule has 0 aromatic heterocycles. The first-order valence-electron chi connectivity index (χ1n) is 7.98. The molecule has 0 radical (unpaired) electrons. The van der Waals surface area contributed by atoms with Crippen LogP contribution in [0.1, 0.15) is 45.2 Å². The first-order valence-corrected chi connectivity index (χ1v) is 7.98. The van der Waals surface area contributed by atoms with Gasteiger partial charge in [0.2, 0.25) is 0 Å². The summed E-state index contributed by atoms with van der Waals surface area (Å²) in [4.78, 5) is 34.8. The molecule has 0 atom stereocenters. The maximum absolute atomic E-state index is 12.0. The lowest BCUT2D eigenvalue weighted by molar-refractivity contribution is -0.141. The number of esters is 2. The van der Waals surface area contributed by atoms with Gasteiger partial charge < -0.3 is 9.47 Å². The second kappa shape index (κ2) is 8.78. The fraction of sp³-hybridized carbons (Fsp3) is 0.250. The van der Waals surface area contributed by atoms with Gasteiger partial charge in [0, 0.05) is 5.56 Å². The molecule has 0 saturated carbocycles. The fourth-order valence-electron chi connectivity index (χ4n) is 2.37. The lowest BCUT2D eigenvalue weighted by Crippen LogP contribution is -2.11. The Morgan fingerprint density at radius 2 is 1.36 bits per heavy atom. The largest absolute Gasteiger partial charge is 0.466 e. The summed E-state index contributed by atoms with van der Waals surface area (Å²) < 4.78 is 9.45. The summed E-state index contributed by atoms with van der Waals surface area (Å²) in [6.45, 7) is 1.97. The number of hydrogen-bond donors (Lipinski definition) is 0. The summed E-state index contributed by atoms with van der Waals surface area (Å²) >= 11 is 0. The van der Waals surface area contributed by atoms with Crippen LogP contribution < -0.4 is 0 Å². The van der Waals surface area contributed by atoms with Gasteiger partial charge in [-0.2, -0.15) is 0 Å². The molecule has 0 unspecified atom stereocenters. The van der Waals surface area contributed by atoms with Crippen LogP contribution in [0.4, 0.5) is 0 Å². The zero-order valence-corrected chi connectivity index (χ0v) is 14.3. The molecular formula is C20H20O5. The third-order valence-electron chi connectivity index (χ3n) is 3.67. The van der Waals surface area contributed by atoms with Crippen molar-refractivity contribution < 1.29 is 23.9 Å². The van der Waals surface area contributed by atoms with E-state index in [9.17, 15) is 14.4 Å². The number of carbonyl (C=O) groups is 3. The molecule has 130 valence electrons. The van der Waals surface area contributed by atoms with Crippen LogP contribution >= 0.6 is 0 Å². The summed E-state index contributed by atoms with van der Waals surface area (Å²) in [6, 6.07) is 14.3. The smallest absolute Gasteiger partial charge is 0.337 e. The van der Waals surface area contributed by atoms with E-state index in [2.05, 4.69) is 4.74 Å². The number of hydrogen-bond acceptors (Lipinski definition) is 5. The van der Waals surface area contributed by atoms with Crippen LogP contribution in [0.2, 0.25) is 0 Å². The third kappa shape index (κ3) is 5.28. The van der Waals surface area contributed by atoms with Crippen molar-refractivity contribution in [3.05, 3.63) is 70.8 Å². The van der Waals surface area contributed by atoms with Gasteiger partial charge in [-0.1, -0.05) is 36.4 Å². The van der Waals surface area contributed by atoms with Gasteiger partial charge in [0.1, 0.15) is 6.42 Å². The predicted octanol–water partition coefficient (Wildman–Crippen LogP) is 3.20. The average molecular weight is 340 g/mol. The maximum atomic E-state index is 12.0. The minimum Gasteiger partial charge on any atom is -0.466 e. The van der Waals surface area contributed by atoms with E-state index in [1.165, 1.54) is 7.11 Å². The normalized spacial score (nSPS) is 10.2. The molecule has 25 heavy (non-hydrogen) atoms. The highest BCUT2D eigenvalue weighted by Gasteiger charge is 2.12. The Labute approximate surface area is 146 Å². The number of benzene rings is 2. The first kappa shape index (κ1) is 18.4. The number of ether oxygens (including phenoxy) is 2. The summed E-state index contributed by atoms with van der Waals surface area (Å²) in [6.07, 6.45) is 0.427. The monoisotopic (exact) mass is 340 g/mol. The lowest BCUT2D eigenvalue weighted by atomic mass is 10.0. The van der Waals surface area contributed by atoms with E-state index in [1.807, 2.05) is 24.3 Å². The van der Waals surface area contributed by atoms with E-state index in [1.54, 1.807) is 31.2 Å². The van der Waals surface area contributed by atoms with Crippen molar-refractivity contribution in [3.8, 4) is 0 Å². The Morgan fingerprint density at radius 1 is 0.840 bits per heavy atom. The molecule has 0 fully saturated rings. The lowest BCUT2D eigenvalue weighted by Gasteiger charge is -2.06. The van der Waals surface area contributed by atoms with Gasteiger partial charge >= 0.3 is 11.9 Å². The van der Waals surface area contributed by atoms with Crippen LogP contribution in [0.25, 0.3) is 0 Å². The average Bonchev–Trinajstić information content (AvgIpc) is 2.62. The van der Waals surface area contributed by atoms with Crippen LogP contribution in [0.3, 0.4) is 0 Å². The number of carbonyl (C=O) groups excluding carboxylic acids is 3. The molecule has 0 saturated heterocycles. The van der Waals surface area contributed by atoms with E-state index >= 15 is 0 Å². The minimum atomic E-state index is -0.512. The van der Waals surface area contributed by atoms with Gasteiger partial charge in [-0.25, -0.2) is 4.79 Å². The summed E-state index contributed by atoms with van der Waals surface area (Å²) in [7, 11) is 1.35.